The first-order valence-electron chi connectivity index (χ1n) is 4.65. The molecule has 1 aromatic carbocycles. The molecule has 0 fully saturated rings. The standard InChI is InChI=1S/C11H17N3/c1-9(14(2)3)13-11-6-4-5-10(7-11)8-12/h4-7H,8,12H2,1-3H3. The number of benzene rings is 1. The van der Waals surface area contributed by atoms with E-state index in [0.29, 0.717) is 6.54 Å². The predicted molar refractivity (Wildman–Crippen MR) is 60.8 cm³/mol. The van der Waals surface area contributed by atoms with E-state index in [1.807, 2.05) is 50.2 Å². The maximum atomic E-state index is 5.55. The van der Waals surface area contributed by atoms with Crippen LogP contribution in [-0.2, 0) is 6.54 Å². The van der Waals surface area contributed by atoms with Crippen LogP contribution in [0.3, 0.4) is 0 Å². The molecule has 1 rings (SSSR count). The van der Waals surface area contributed by atoms with Crippen LogP contribution in [0.5, 0.6) is 0 Å². The van der Waals surface area contributed by atoms with E-state index in [9.17, 15) is 0 Å². The molecule has 3 heteroatoms. The van der Waals surface area contributed by atoms with Crippen LogP contribution in [0, 0.1) is 0 Å². The number of nitrogens with zero attached hydrogens (tertiary/aromatic N) is 2. The van der Waals surface area contributed by atoms with Crippen molar-refractivity contribution >= 4 is 11.5 Å². The van der Waals surface area contributed by atoms with E-state index in [1.165, 1.54) is 0 Å². The third-order valence-electron chi connectivity index (χ3n) is 2.08. The van der Waals surface area contributed by atoms with Gasteiger partial charge in [0.05, 0.1) is 5.69 Å². The maximum Gasteiger partial charge on any atom is 0.101 e. The van der Waals surface area contributed by atoms with Crippen LogP contribution in [0.2, 0.25) is 0 Å². The molecule has 14 heavy (non-hydrogen) atoms. The molecule has 0 unspecified atom stereocenters. The average molecular weight is 191 g/mol. The molecule has 0 atom stereocenters. The minimum atomic E-state index is 0.560. The van der Waals surface area contributed by atoms with E-state index in [2.05, 4.69) is 4.99 Å². The minimum absolute atomic E-state index is 0.560. The Kier molecular flexibility index (Phi) is 3.65. The van der Waals surface area contributed by atoms with Crippen LogP contribution in [0.25, 0.3) is 0 Å². The first kappa shape index (κ1) is 10.7. The summed E-state index contributed by atoms with van der Waals surface area (Å²) >= 11 is 0. The van der Waals surface area contributed by atoms with E-state index in [-0.39, 0.29) is 0 Å². The van der Waals surface area contributed by atoms with Crippen molar-refractivity contribution in [1.29, 1.82) is 0 Å². The normalized spacial score (nSPS) is 11.6. The highest BCUT2D eigenvalue weighted by atomic mass is 15.1. The highest BCUT2D eigenvalue weighted by Gasteiger charge is 1.95. The fourth-order valence-electron chi connectivity index (χ4n) is 1.04. The molecule has 0 bridgehead atoms. The van der Waals surface area contributed by atoms with Crippen LogP contribution in [-0.4, -0.2) is 24.8 Å². The third-order valence-corrected chi connectivity index (χ3v) is 2.08. The molecule has 76 valence electrons. The van der Waals surface area contributed by atoms with Crippen LogP contribution in [0.15, 0.2) is 29.3 Å². The molecule has 0 radical (unpaired) electrons. The first-order chi connectivity index (χ1) is 6.63. The summed E-state index contributed by atoms with van der Waals surface area (Å²) in [4.78, 5) is 6.44. The fourth-order valence-corrected chi connectivity index (χ4v) is 1.04. The Labute approximate surface area is 85.3 Å². The first-order valence-corrected chi connectivity index (χ1v) is 4.65. The van der Waals surface area contributed by atoms with Crippen molar-refractivity contribution in [2.45, 2.75) is 13.5 Å². The van der Waals surface area contributed by atoms with Crippen molar-refractivity contribution in [1.82, 2.24) is 4.90 Å². The largest absolute Gasteiger partial charge is 0.366 e. The Morgan fingerprint density at radius 3 is 2.71 bits per heavy atom. The lowest BCUT2D eigenvalue weighted by Crippen LogP contribution is -2.17. The number of nitrogens with two attached hydrogens (primary N) is 1. The smallest absolute Gasteiger partial charge is 0.101 e. The molecule has 3 nitrogen and oxygen atoms in total. The Morgan fingerprint density at radius 1 is 1.43 bits per heavy atom. The molecule has 2 N–H and O–H groups in total. The van der Waals surface area contributed by atoms with Crippen molar-refractivity contribution in [2.24, 2.45) is 10.7 Å². The zero-order valence-electron chi connectivity index (χ0n) is 8.99. The summed E-state index contributed by atoms with van der Waals surface area (Å²) in [5.41, 5.74) is 7.62. The maximum absolute atomic E-state index is 5.55. The van der Waals surface area contributed by atoms with E-state index < -0.39 is 0 Å². The molecule has 0 saturated carbocycles. The number of hydrogen-bond donors (Lipinski definition) is 1. The molecule has 0 aliphatic rings. The lowest BCUT2D eigenvalue weighted by Gasteiger charge is -2.11. The number of hydrogen-bond acceptors (Lipinski definition) is 2. The van der Waals surface area contributed by atoms with E-state index in [1.54, 1.807) is 0 Å². The van der Waals surface area contributed by atoms with E-state index >= 15 is 0 Å². The predicted octanol–water partition coefficient (Wildman–Crippen LogP) is 1.76. The molecule has 0 heterocycles. The highest BCUT2D eigenvalue weighted by Crippen LogP contribution is 2.14. The van der Waals surface area contributed by atoms with Crippen LogP contribution in [0.4, 0.5) is 5.69 Å². The van der Waals surface area contributed by atoms with E-state index in [4.69, 9.17) is 5.73 Å². The molecular formula is C11H17N3. The summed E-state index contributed by atoms with van der Waals surface area (Å²) in [6.07, 6.45) is 0. The van der Waals surface area contributed by atoms with Crippen molar-refractivity contribution in [3.05, 3.63) is 29.8 Å². The van der Waals surface area contributed by atoms with E-state index in [0.717, 1.165) is 17.1 Å². The van der Waals surface area contributed by atoms with Gasteiger partial charge >= 0.3 is 0 Å². The van der Waals surface area contributed by atoms with Gasteiger partial charge in [-0.15, -0.1) is 0 Å². The summed E-state index contributed by atoms with van der Waals surface area (Å²) in [5.74, 6) is 0.985. The van der Waals surface area contributed by atoms with Crippen molar-refractivity contribution in [3.8, 4) is 0 Å². The lowest BCUT2D eigenvalue weighted by atomic mass is 10.2. The van der Waals surface area contributed by atoms with Gasteiger partial charge in [-0.25, -0.2) is 4.99 Å². The van der Waals surface area contributed by atoms with Crippen molar-refractivity contribution in [2.75, 3.05) is 14.1 Å². The van der Waals surface area contributed by atoms with Gasteiger partial charge in [0, 0.05) is 20.6 Å². The number of rotatable bonds is 2. The number of aliphatic imine (C=N–C) groups is 1. The number of amidine groups is 1. The monoisotopic (exact) mass is 191 g/mol. The molecule has 0 aliphatic heterocycles. The van der Waals surface area contributed by atoms with Gasteiger partial charge < -0.3 is 10.6 Å². The Morgan fingerprint density at radius 2 is 2.14 bits per heavy atom. The summed E-state index contributed by atoms with van der Waals surface area (Å²) in [6.45, 7) is 2.54. The third kappa shape index (κ3) is 2.85. The second-order valence-electron chi connectivity index (χ2n) is 3.43. The van der Waals surface area contributed by atoms with Gasteiger partial charge in [-0.1, -0.05) is 12.1 Å². The SMILES string of the molecule is CC(=Nc1cccc(CN)c1)N(C)C. The van der Waals surface area contributed by atoms with Crippen LogP contribution < -0.4 is 5.73 Å². The molecule has 0 amide bonds. The highest BCUT2D eigenvalue weighted by molar-refractivity contribution is 5.82. The summed E-state index contributed by atoms with van der Waals surface area (Å²) in [6, 6.07) is 7.97. The second-order valence-corrected chi connectivity index (χ2v) is 3.43. The fraction of sp³-hybridized carbons (Fsp3) is 0.364. The van der Waals surface area contributed by atoms with Gasteiger partial charge in [0.1, 0.15) is 5.84 Å². The Hall–Kier alpha value is -1.35. The van der Waals surface area contributed by atoms with Gasteiger partial charge in [0.15, 0.2) is 0 Å². The van der Waals surface area contributed by atoms with Gasteiger partial charge in [-0.2, -0.15) is 0 Å². The summed E-state index contributed by atoms with van der Waals surface area (Å²) < 4.78 is 0. The molecule has 0 aromatic heterocycles. The molecule has 0 spiro atoms. The minimum Gasteiger partial charge on any atom is -0.366 e. The van der Waals surface area contributed by atoms with Crippen LogP contribution >= 0.6 is 0 Å². The Bertz CT molecular complexity index is 329. The van der Waals surface area contributed by atoms with Gasteiger partial charge in [0.2, 0.25) is 0 Å². The van der Waals surface area contributed by atoms with Gasteiger partial charge in [0.25, 0.3) is 0 Å². The zero-order chi connectivity index (χ0) is 10.6. The van der Waals surface area contributed by atoms with Crippen molar-refractivity contribution < 1.29 is 0 Å². The lowest BCUT2D eigenvalue weighted by molar-refractivity contribution is 0.619. The van der Waals surface area contributed by atoms with Gasteiger partial charge in [-0.05, 0) is 24.6 Å². The second kappa shape index (κ2) is 4.77. The zero-order valence-corrected chi connectivity index (χ0v) is 8.99. The molecule has 0 aliphatic carbocycles. The quantitative estimate of drug-likeness (QED) is 0.571. The summed E-state index contributed by atoms with van der Waals surface area (Å²) in [5, 5.41) is 0. The average Bonchev–Trinajstić information content (AvgIpc) is 2.18. The Balaban J connectivity index is 2.91. The molecular weight excluding hydrogens is 174 g/mol. The molecule has 1 aromatic rings. The van der Waals surface area contributed by atoms with Gasteiger partial charge in [-0.3, -0.25) is 0 Å². The molecule has 0 saturated heterocycles. The van der Waals surface area contributed by atoms with Crippen LogP contribution in [0.1, 0.15) is 12.5 Å². The summed E-state index contributed by atoms with van der Waals surface area (Å²) in [7, 11) is 3.96. The topological polar surface area (TPSA) is 41.6 Å². The van der Waals surface area contributed by atoms with Crippen molar-refractivity contribution in [3.63, 3.8) is 0 Å².